The quantitative estimate of drug-likeness (QED) is 0.351. The van der Waals surface area contributed by atoms with Crippen LogP contribution in [0, 0.1) is 0 Å². The Kier molecular flexibility index (Phi) is 9.44. The molecule has 0 aromatic heterocycles. The van der Waals surface area contributed by atoms with Crippen molar-refractivity contribution in [3.8, 4) is 11.5 Å². The van der Waals surface area contributed by atoms with Gasteiger partial charge in [-0.15, -0.1) is 0 Å². The molecule has 0 saturated heterocycles. The van der Waals surface area contributed by atoms with Gasteiger partial charge in [-0.1, -0.05) is 39.1 Å². The van der Waals surface area contributed by atoms with Crippen LogP contribution in [0.2, 0.25) is 10.0 Å². The van der Waals surface area contributed by atoms with Crippen LogP contribution in [0.3, 0.4) is 0 Å². The number of carbonyl (C=O) groups is 2. The van der Waals surface area contributed by atoms with E-state index in [2.05, 4.69) is 48.0 Å². The monoisotopic (exact) mass is 583 g/mol. The van der Waals surface area contributed by atoms with Crippen LogP contribution < -0.4 is 25.6 Å². The van der Waals surface area contributed by atoms with Crippen LogP contribution in [-0.2, 0) is 9.59 Å². The molecule has 0 aliphatic rings. The average Bonchev–Trinajstić information content (AvgIpc) is 2.65. The number of nitrogens with one attached hydrogen (secondary N) is 3. The standard InChI is InChI=1S/C17H13Br2Cl2N3O4S/c18-9-1-3-13(11(19)5-9)27-7-15(25)22-17(29)24-23-16(26)8-28-14-4-2-10(20)6-12(14)21/h1-6H,7-8H2,(H,23,26)(H2,22,24,25,29). The number of benzene rings is 2. The second-order valence-corrected chi connectivity index (χ2v) is 8.30. The fraction of sp³-hybridized carbons (Fsp3) is 0.118. The number of hydrazine groups is 1. The molecule has 0 spiro atoms. The van der Waals surface area contributed by atoms with E-state index in [1.165, 1.54) is 6.07 Å². The molecule has 3 N–H and O–H groups in total. The second-order valence-electron chi connectivity index (χ2n) is 5.28. The summed E-state index contributed by atoms with van der Waals surface area (Å²) in [7, 11) is 0. The van der Waals surface area contributed by atoms with Gasteiger partial charge in [0.1, 0.15) is 11.5 Å². The Morgan fingerprint density at radius 1 is 0.931 bits per heavy atom. The van der Waals surface area contributed by atoms with E-state index in [-0.39, 0.29) is 23.3 Å². The molecule has 0 saturated carbocycles. The average molecular weight is 586 g/mol. The van der Waals surface area contributed by atoms with Crippen molar-refractivity contribution >= 4 is 84.2 Å². The fourth-order valence-corrected chi connectivity index (χ4v) is 3.62. The van der Waals surface area contributed by atoms with Crippen LogP contribution in [0.5, 0.6) is 11.5 Å². The summed E-state index contributed by atoms with van der Waals surface area (Å²) >= 11 is 23.3. The van der Waals surface area contributed by atoms with Gasteiger partial charge in [0.25, 0.3) is 11.8 Å². The van der Waals surface area contributed by atoms with E-state index in [1.807, 2.05) is 0 Å². The van der Waals surface area contributed by atoms with Gasteiger partial charge in [-0.3, -0.25) is 25.8 Å². The lowest BCUT2D eigenvalue weighted by molar-refractivity contribution is -0.124. The van der Waals surface area contributed by atoms with Crippen LogP contribution in [-0.4, -0.2) is 30.1 Å². The molecule has 29 heavy (non-hydrogen) atoms. The maximum absolute atomic E-state index is 11.9. The first kappa shape index (κ1) is 23.7. The Balaban J connectivity index is 1.68. The molecule has 154 valence electrons. The molecule has 0 heterocycles. The lowest BCUT2D eigenvalue weighted by Gasteiger charge is -2.12. The zero-order valence-electron chi connectivity index (χ0n) is 14.4. The van der Waals surface area contributed by atoms with Gasteiger partial charge in [-0.05, 0) is 64.5 Å². The van der Waals surface area contributed by atoms with E-state index >= 15 is 0 Å². The molecule has 0 radical (unpaired) electrons. The van der Waals surface area contributed by atoms with Crippen LogP contribution in [0.15, 0.2) is 45.3 Å². The number of carbonyl (C=O) groups excluding carboxylic acids is 2. The number of ether oxygens (including phenoxy) is 2. The zero-order valence-corrected chi connectivity index (χ0v) is 19.9. The first-order chi connectivity index (χ1) is 13.7. The molecular weight excluding hydrogens is 573 g/mol. The lowest BCUT2D eigenvalue weighted by Crippen LogP contribution is -2.50. The summed E-state index contributed by atoms with van der Waals surface area (Å²) in [5.74, 6) is -0.245. The van der Waals surface area contributed by atoms with Crippen molar-refractivity contribution in [3.63, 3.8) is 0 Å². The van der Waals surface area contributed by atoms with Crippen molar-refractivity contribution in [1.82, 2.24) is 16.2 Å². The van der Waals surface area contributed by atoms with Crippen molar-refractivity contribution in [3.05, 3.63) is 55.4 Å². The second kappa shape index (κ2) is 11.6. The fourth-order valence-electron chi connectivity index (χ4n) is 1.83. The Labute approximate surface area is 198 Å². The molecule has 2 rings (SSSR count). The maximum Gasteiger partial charge on any atom is 0.276 e. The van der Waals surface area contributed by atoms with Gasteiger partial charge < -0.3 is 9.47 Å². The van der Waals surface area contributed by atoms with Crippen molar-refractivity contribution in [2.24, 2.45) is 0 Å². The molecule has 0 bridgehead atoms. The van der Waals surface area contributed by atoms with E-state index < -0.39 is 11.8 Å². The van der Waals surface area contributed by atoms with Crippen LogP contribution in [0.25, 0.3) is 0 Å². The van der Waals surface area contributed by atoms with Crippen molar-refractivity contribution in [1.29, 1.82) is 0 Å². The zero-order chi connectivity index (χ0) is 21.4. The summed E-state index contributed by atoms with van der Waals surface area (Å²) in [5.41, 5.74) is 4.67. The minimum absolute atomic E-state index is 0.105. The van der Waals surface area contributed by atoms with E-state index in [9.17, 15) is 9.59 Å². The number of hydrogen-bond acceptors (Lipinski definition) is 5. The van der Waals surface area contributed by atoms with Gasteiger partial charge in [-0.2, -0.15) is 0 Å². The third-order valence-electron chi connectivity index (χ3n) is 3.07. The van der Waals surface area contributed by atoms with Crippen molar-refractivity contribution < 1.29 is 19.1 Å². The van der Waals surface area contributed by atoms with Gasteiger partial charge in [0, 0.05) is 9.50 Å². The summed E-state index contributed by atoms with van der Waals surface area (Å²) in [5, 5.41) is 2.99. The van der Waals surface area contributed by atoms with E-state index in [1.54, 1.807) is 30.3 Å². The van der Waals surface area contributed by atoms with Crippen molar-refractivity contribution in [2.45, 2.75) is 0 Å². The maximum atomic E-state index is 11.9. The highest BCUT2D eigenvalue weighted by Gasteiger charge is 2.10. The molecule has 0 aliphatic carbocycles. The molecule has 0 atom stereocenters. The minimum Gasteiger partial charge on any atom is -0.483 e. The van der Waals surface area contributed by atoms with Gasteiger partial charge in [0.05, 0.1) is 9.50 Å². The molecule has 0 aliphatic heterocycles. The normalized spacial score (nSPS) is 10.1. The van der Waals surface area contributed by atoms with Gasteiger partial charge >= 0.3 is 0 Å². The predicted octanol–water partition coefficient (Wildman–Crippen LogP) is 4.00. The SMILES string of the molecule is O=C(COc1ccc(Cl)cc1Cl)NNC(=S)NC(=O)COc1ccc(Br)cc1Br. The highest BCUT2D eigenvalue weighted by molar-refractivity contribution is 9.11. The Morgan fingerprint density at radius 2 is 1.59 bits per heavy atom. The summed E-state index contributed by atoms with van der Waals surface area (Å²) < 4.78 is 12.2. The molecule has 7 nitrogen and oxygen atoms in total. The topological polar surface area (TPSA) is 88.7 Å². The van der Waals surface area contributed by atoms with Crippen LogP contribution in [0.4, 0.5) is 0 Å². The predicted molar refractivity (Wildman–Crippen MR) is 121 cm³/mol. The van der Waals surface area contributed by atoms with Gasteiger partial charge in [-0.25, -0.2) is 0 Å². The molecule has 2 amide bonds. The van der Waals surface area contributed by atoms with Crippen molar-refractivity contribution in [2.75, 3.05) is 13.2 Å². The molecule has 0 fully saturated rings. The first-order valence-electron chi connectivity index (χ1n) is 7.79. The first-order valence-corrected chi connectivity index (χ1v) is 10.5. The summed E-state index contributed by atoms with van der Waals surface area (Å²) in [6.07, 6.45) is 0. The Morgan fingerprint density at radius 3 is 2.28 bits per heavy atom. The van der Waals surface area contributed by atoms with Gasteiger partial charge in [0.15, 0.2) is 18.3 Å². The number of thiocarbonyl (C=S) groups is 1. The van der Waals surface area contributed by atoms with Crippen LogP contribution >= 0.6 is 67.3 Å². The Hall–Kier alpha value is -1.59. The molecule has 2 aromatic carbocycles. The highest BCUT2D eigenvalue weighted by Crippen LogP contribution is 2.28. The van der Waals surface area contributed by atoms with E-state index in [0.717, 1.165) is 4.47 Å². The van der Waals surface area contributed by atoms with E-state index in [0.29, 0.717) is 21.0 Å². The molecular formula is C17H13Br2Cl2N3O4S. The summed E-state index contributed by atoms with van der Waals surface area (Å²) in [6.45, 7) is -0.597. The number of rotatable bonds is 6. The highest BCUT2D eigenvalue weighted by atomic mass is 79.9. The molecule has 0 unspecified atom stereocenters. The number of hydrogen-bond donors (Lipinski definition) is 3. The third-order valence-corrected chi connectivity index (χ3v) is 4.92. The lowest BCUT2D eigenvalue weighted by atomic mass is 10.3. The summed E-state index contributed by atoms with van der Waals surface area (Å²) in [6, 6.07) is 9.88. The smallest absolute Gasteiger partial charge is 0.276 e. The number of amides is 2. The largest absolute Gasteiger partial charge is 0.483 e. The molecule has 12 heteroatoms. The minimum atomic E-state index is -0.539. The van der Waals surface area contributed by atoms with Crippen LogP contribution in [0.1, 0.15) is 0 Å². The Bertz CT molecular complexity index is 934. The third kappa shape index (κ3) is 8.35. The molecule has 2 aromatic rings. The van der Waals surface area contributed by atoms with E-state index in [4.69, 9.17) is 44.9 Å². The summed E-state index contributed by atoms with van der Waals surface area (Å²) in [4.78, 5) is 23.7. The number of halogens is 4. The van der Waals surface area contributed by atoms with Gasteiger partial charge in [0.2, 0.25) is 0 Å².